The molecule has 5 nitrogen and oxygen atoms in total. The number of carboxylic acids is 1. The van der Waals surface area contributed by atoms with Crippen LogP contribution in [0.5, 0.6) is 0 Å². The van der Waals surface area contributed by atoms with Gasteiger partial charge in [0.2, 0.25) is 0 Å². The average molecular weight is 303 g/mol. The number of carboxylic acid groups (broad SMARTS) is 1. The molecule has 7 heteroatoms. The number of nitrogens with two attached hydrogens (primary N) is 1. The molecular formula is C13H9N3O2S2. The summed E-state index contributed by atoms with van der Waals surface area (Å²) in [7, 11) is 0. The van der Waals surface area contributed by atoms with Gasteiger partial charge in [0, 0.05) is 0 Å². The number of aromatic carboxylic acids is 1. The van der Waals surface area contributed by atoms with Crippen molar-refractivity contribution in [3.8, 4) is 0 Å². The van der Waals surface area contributed by atoms with Crippen LogP contribution in [0.4, 0.5) is 5.69 Å². The van der Waals surface area contributed by atoms with Gasteiger partial charge in [-0.1, -0.05) is 12.1 Å². The number of thiazole rings is 1. The summed E-state index contributed by atoms with van der Waals surface area (Å²) in [6, 6.07) is 9.29. The van der Waals surface area contributed by atoms with Crippen LogP contribution in [-0.2, 0) is 0 Å². The first-order valence-corrected chi connectivity index (χ1v) is 7.29. The van der Waals surface area contributed by atoms with Gasteiger partial charge < -0.3 is 10.8 Å². The van der Waals surface area contributed by atoms with E-state index in [0.717, 1.165) is 14.6 Å². The molecule has 3 N–H and O–H groups in total. The van der Waals surface area contributed by atoms with Crippen molar-refractivity contribution in [1.29, 1.82) is 0 Å². The van der Waals surface area contributed by atoms with Crippen LogP contribution in [0.15, 0.2) is 45.9 Å². The molecule has 0 saturated carbocycles. The van der Waals surface area contributed by atoms with Crippen molar-refractivity contribution < 1.29 is 9.90 Å². The van der Waals surface area contributed by atoms with Crippen LogP contribution in [0.3, 0.4) is 0 Å². The molecule has 0 aliphatic carbocycles. The minimum Gasteiger partial charge on any atom is -0.478 e. The van der Waals surface area contributed by atoms with E-state index in [1.165, 1.54) is 24.0 Å². The van der Waals surface area contributed by atoms with Gasteiger partial charge in [-0.3, -0.25) is 0 Å². The van der Waals surface area contributed by atoms with Crippen LogP contribution in [0.2, 0.25) is 0 Å². The molecule has 20 heavy (non-hydrogen) atoms. The Bertz CT molecular complexity index is 768. The Labute approximate surface area is 122 Å². The van der Waals surface area contributed by atoms with Gasteiger partial charge in [0.25, 0.3) is 0 Å². The zero-order valence-electron chi connectivity index (χ0n) is 10.1. The number of benzene rings is 1. The maximum atomic E-state index is 11.0. The highest BCUT2D eigenvalue weighted by Crippen LogP contribution is 2.34. The van der Waals surface area contributed by atoms with Crippen molar-refractivity contribution in [2.45, 2.75) is 9.37 Å². The molecule has 0 spiro atoms. The lowest BCUT2D eigenvalue weighted by molar-refractivity contribution is 0.0697. The van der Waals surface area contributed by atoms with E-state index < -0.39 is 5.97 Å². The number of pyridine rings is 1. The summed E-state index contributed by atoms with van der Waals surface area (Å²) in [5, 5.41) is 9.61. The molecule has 2 heterocycles. The summed E-state index contributed by atoms with van der Waals surface area (Å²) in [6.07, 6.45) is 1.36. The fourth-order valence-corrected chi connectivity index (χ4v) is 3.67. The Kier molecular flexibility index (Phi) is 3.29. The van der Waals surface area contributed by atoms with E-state index in [4.69, 9.17) is 10.8 Å². The Morgan fingerprint density at radius 1 is 1.35 bits per heavy atom. The zero-order valence-corrected chi connectivity index (χ0v) is 11.7. The van der Waals surface area contributed by atoms with Gasteiger partial charge in [-0.25, -0.2) is 14.8 Å². The van der Waals surface area contributed by atoms with E-state index in [2.05, 4.69) is 9.97 Å². The fraction of sp³-hybridized carbons (Fsp3) is 0. The predicted molar refractivity (Wildman–Crippen MR) is 79.4 cm³/mol. The third-order valence-electron chi connectivity index (χ3n) is 2.61. The molecule has 100 valence electrons. The maximum absolute atomic E-state index is 11.0. The van der Waals surface area contributed by atoms with E-state index in [1.54, 1.807) is 11.3 Å². The first kappa shape index (κ1) is 12.9. The third kappa shape index (κ3) is 2.45. The predicted octanol–water partition coefficient (Wildman–Crippen LogP) is 3.12. The van der Waals surface area contributed by atoms with Gasteiger partial charge in [-0.2, -0.15) is 0 Å². The lowest BCUT2D eigenvalue weighted by atomic mass is 10.2. The maximum Gasteiger partial charge on any atom is 0.337 e. The van der Waals surface area contributed by atoms with Gasteiger partial charge in [0.05, 0.1) is 27.7 Å². The van der Waals surface area contributed by atoms with Crippen LogP contribution < -0.4 is 5.73 Å². The number of anilines is 1. The van der Waals surface area contributed by atoms with Crippen LogP contribution in [0, 0.1) is 0 Å². The molecule has 3 rings (SSSR count). The minimum atomic E-state index is -1.06. The standard InChI is InChI=1S/C13H9N3O2S2/c14-8-6-15-11(5-7(8)12(17)18)20-13-16-9-3-1-2-4-10(9)19-13/h1-6H,14H2,(H,17,18). The number of carbonyl (C=O) groups is 1. The summed E-state index contributed by atoms with van der Waals surface area (Å²) in [4.78, 5) is 19.6. The van der Waals surface area contributed by atoms with Crippen LogP contribution in [0.25, 0.3) is 10.2 Å². The summed E-state index contributed by atoms with van der Waals surface area (Å²) < 4.78 is 1.91. The smallest absolute Gasteiger partial charge is 0.337 e. The van der Waals surface area contributed by atoms with Gasteiger partial charge >= 0.3 is 5.97 Å². The molecule has 3 aromatic rings. The second kappa shape index (κ2) is 5.10. The molecule has 0 radical (unpaired) electrons. The third-order valence-corrected chi connectivity index (χ3v) is 4.64. The van der Waals surface area contributed by atoms with Gasteiger partial charge in [0.1, 0.15) is 5.03 Å². The number of hydrogen-bond acceptors (Lipinski definition) is 6. The van der Waals surface area contributed by atoms with E-state index >= 15 is 0 Å². The SMILES string of the molecule is Nc1cnc(Sc2nc3ccccc3s2)cc1C(=O)O. The van der Waals surface area contributed by atoms with Gasteiger partial charge in [-0.15, -0.1) is 11.3 Å². The quantitative estimate of drug-likeness (QED) is 0.772. The lowest BCUT2D eigenvalue weighted by Gasteiger charge is -2.02. The monoisotopic (exact) mass is 303 g/mol. The molecule has 0 atom stereocenters. The topological polar surface area (TPSA) is 89.1 Å². The highest BCUT2D eigenvalue weighted by Gasteiger charge is 2.12. The molecule has 2 aromatic heterocycles. The van der Waals surface area contributed by atoms with Gasteiger partial charge in [-0.05, 0) is 30.0 Å². The molecule has 0 fully saturated rings. The largest absolute Gasteiger partial charge is 0.478 e. The van der Waals surface area contributed by atoms with Crippen molar-refractivity contribution in [3.05, 3.63) is 42.1 Å². The summed E-state index contributed by atoms with van der Waals surface area (Å²) in [6.45, 7) is 0. The van der Waals surface area contributed by atoms with Crippen LogP contribution >= 0.6 is 23.1 Å². The van der Waals surface area contributed by atoms with Crippen molar-refractivity contribution >= 4 is 45.0 Å². The molecule has 0 saturated heterocycles. The number of hydrogen-bond donors (Lipinski definition) is 2. The highest BCUT2D eigenvalue weighted by molar-refractivity contribution is 8.01. The minimum absolute atomic E-state index is 0.0589. The number of fused-ring (bicyclic) bond motifs is 1. The molecular weight excluding hydrogens is 294 g/mol. The second-order valence-electron chi connectivity index (χ2n) is 3.96. The van der Waals surface area contributed by atoms with Crippen molar-refractivity contribution in [3.63, 3.8) is 0 Å². The number of rotatable bonds is 3. The Hall–Kier alpha value is -2.12. The normalized spacial score (nSPS) is 10.8. The summed E-state index contributed by atoms with van der Waals surface area (Å²) in [5.41, 5.74) is 6.72. The Morgan fingerprint density at radius 2 is 2.15 bits per heavy atom. The van der Waals surface area contributed by atoms with Crippen LogP contribution in [0.1, 0.15) is 10.4 Å². The lowest BCUT2D eigenvalue weighted by Crippen LogP contribution is -2.03. The van der Waals surface area contributed by atoms with Crippen molar-refractivity contribution in [1.82, 2.24) is 9.97 Å². The molecule has 0 bridgehead atoms. The number of para-hydroxylation sites is 1. The molecule has 0 amide bonds. The molecule has 1 aromatic carbocycles. The van der Waals surface area contributed by atoms with Crippen LogP contribution in [-0.4, -0.2) is 21.0 Å². The van der Waals surface area contributed by atoms with E-state index in [0.29, 0.717) is 5.03 Å². The number of nitrogens with zero attached hydrogens (tertiary/aromatic N) is 2. The Balaban J connectivity index is 1.94. The first-order chi connectivity index (χ1) is 9.63. The van der Waals surface area contributed by atoms with E-state index in [1.807, 2.05) is 24.3 Å². The number of aromatic nitrogens is 2. The molecule has 0 unspecified atom stereocenters. The van der Waals surface area contributed by atoms with Crippen molar-refractivity contribution in [2.24, 2.45) is 0 Å². The van der Waals surface area contributed by atoms with E-state index in [9.17, 15) is 4.79 Å². The first-order valence-electron chi connectivity index (χ1n) is 5.66. The zero-order chi connectivity index (χ0) is 14.1. The number of nitrogen functional groups attached to an aromatic ring is 1. The average Bonchev–Trinajstić information content (AvgIpc) is 2.82. The Morgan fingerprint density at radius 3 is 2.90 bits per heavy atom. The van der Waals surface area contributed by atoms with Gasteiger partial charge in [0.15, 0.2) is 4.34 Å². The fourth-order valence-electron chi connectivity index (χ4n) is 1.67. The molecule has 0 aliphatic heterocycles. The van der Waals surface area contributed by atoms with E-state index in [-0.39, 0.29) is 11.3 Å². The molecule has 0 aliphatic rings. The summed E-state index contributed by atoms with van der Waals surface area (Å²) in [5.74, 6) is -1.06. The summed E-state index contributed by atoms with van der Waals surface area (Å²) >= 11 is 2.87. The second-order valence-corrected chi connectivity index (χ2v) is 6.26. The van der Waals surface area contributed by atoms with Crippen molar-refractivity contribution in [2.75, 3.05) is 5.73 Å². The highest BCUT2D eigenvalue weighted by atomic mass is 32.2.